The highest BCUT2D eigenvalue weighted by atomic mass is 16.2. The van der Waals surface area contributed by atoms with Gasteiger partial charge in [-0.2, -0.15) is 0 Å². The maximum absolute atomic E-state index is 12.1. The molecule has 2 aromatic rings. The maximum Gasteiger partial charge on any atom is 0.240 e. The zero-order valence-corrected chi connectivity index (χ0v) is 11.0. The lowest BCUT2D eigenvalue weighted by Crippen LogP contribution is -2.38. The number of amides is 1. The Labute approximate surface area is 112 Å². The lowest BCUT2D eigenvalue weighted by Gasteiger charge is -2.22. The largest absolute Gasteiger partial charge is 0.352 e. The predicted molar refractivity (Wildman–Crippen MR) is 74.7 cm³/mol. The molecule has 4 nitrogen and oxygen atoms in total. The summed E-state index contributed by atoms with van der Waals surface area (Å²) in [5.41, 5.74) is 1.95. The van der Waals surface area contributed by atoms with Gasteiger partial charge in [0.2, 0.25) is 5.91 Å². The number of nitrogens with zero attached hydrogens (tertiary/aromatic N) is 2. The normalized spacial score (nSPS) is 16.6. The van der Waals surface area contributed by atoms with Crippen molar-refractivity contribution in [1.29, 1.82) is 0 Å². The van der Waals surface area contributed by atoms with E-state index in [1.165, 1.54) is 19.3 Å². The first-order valence-electron chi connectivity index (χ1n) is 7.02. The molecule has 1 amide bonds. The van der Waals surface area contributed by atoms with E-state index in [1.807, 2.05) is 28.8 Å². The second-order valence-corrected chi connectivity index (χ2v) is 5.26. The number of hydrogen-bond acceptors (Lipinski definition) is 2. The highest BCUT2D eigenvalue weighted by molar-refractivity contribution is 5.80. The molecule has 0 atom stereocenters. The highest BCUT2D eigenvalue weighted by Gasteiger charge is 2.16. The van der Waals surface area contributed by atoms with Crippen LogP contribution in [0.5, 0.6) is 0 Å². The van der Waals surface area contributed by atoms with Gasteiger partial charge in [0.05, 0.1) is 17.4 Å². The number of hydrogen-bond donors (Lipinski definition) is 1. The minimum Gasteiger partial charge on any atom is -0.352 e. The fourth-order valence-electron chi connectivity index (χ4n) is 2.81. The van der Waals surface area contributed by atoms with E-state index in [-0.39, 0.29) is 5.91 Å². The lowest BCUT2D eigenvalue weighted by atomic mass is 9.95. The summed E-state index contributed by atoms with van der Waals surface area (Å²) in [7, 11) is 0. The second-order valence-electron chi connectivity index (χ2n) is 5.26. The molecular weight excluding hydrogens is 238 g/mol. The van der Waals surface area contributed by atoms with Gasteiger partial charge in [-0.3, -0.25) is 4.79 Å². The van der Waals surface area contributed by atoms with Gasteiger partial charge in [-0.1, -0.05) is 31.4 Å². The first-order valence-corrected chi connectivity index (χ1v) is 7.02. The number of aromatic nitrogens is 2. The number of carbonyl (C=O) groups excluding carboxylic acids is 1. The number of imidazole rings is 1. The van der Waals surface area contributed by atoms with Crippen molar-refractivity contribution in [3.63, 3.8) is 0 Å². The van der Waals surface area contributed by atoms with Gasteiger partial charge in [0, 0.05) is 6.04 Å². The topological polar surface area (TPSA) is 46.9 Å². The van der Waals surface area contributed by atoms with Crippen LogP contribution < -0.4 is 5.32 Å². The van der Waals surface area contributed by atoms with Crippen LogP contribution in [0.15, 0.2) is 30.6 Å². The summed E-state index contributed by atoms with van der Waals surface area (Å²) < 4.78 is 1.91. The van der Waals surface area contributed by atoms with E-state index in [4.69, 9.17) is 0 Å². The smallest absolute Gasteiger partial charge is 0.240 e. The SMILES string of the molecule is O=C(Cn1cnc2ccccc21)NC1CCCCC1. The number of rotatable bonds is 3. The third-order valence-electron chi connectivity index (χ3n) is 3.81. The van der Waals surface area contributed by atoms with Gasteiger partial charge >= 0.3 is 0 Å². The van der Waals surface area contributed by atoms with Gasteiger partial charge in [-0.25, -0.2) is 4.98 Å². The quantitative estimate of drug-likeness (QED) is 0.918. The number of fused-ring (bicyclic) bond motifs is 1. The summed E-state index contributed by atoms with van der Waals surface area (Å²) in [5, 5.41) is 3.13. The van der Waals surface area contributed by atoms with Crippen LogP contribution in [-0.2, 0) is 11.3 Å². The van der Waals surface area contributed by atoms with Gasteiger partial charge in [0.1, 0.15) is 6.54 Å². The highest BCUT2D eigenvalue weighted by Crippen LogP contribution is 2.17. The summed E-state index contributed by atoms with van der Waals surface area (Å²) in [6, 6.07) is 8.26. The molecule has 1 N–H and O–H groups in total. The van der Waals surface area contributed by atoms with Crippen LogP contribution >= 0.6 is 0 Å². The lowest BCUT2D eigenvalue weighted by molar-refractivity contribution is -0.122. The van der Waals surface area contributed by atoms with E-state index >= 15 is 0 Å². The molecule has 1 fully saturated rings. The molecule has 1 aromatic carbocycles. The van der Waals surface area contributed by atoms with Crippen LogP contribution in [0.3, 0.4) is 0 Å². The minimum absolute atomic E-state index is 0.0926. The number of benzene rings is 1. The molecule has 0 spiro atoms. The van der Waals surface area contributed by atoms with Gasteiger partial charge in [0.15, 0.2) is 0 Å². The van der Waals surface area contributed by atoms with Crippen LogP contribution in [0.4, 0.5) is 0 Å². The van der Waals surface area contributed by atoms with Crippen molar-refractivity contribution >= 4 is 16.9 Å². The number of nitrogens with one attached hydrogen (secondary N) is 1. The Morgan fingerprint density at radius 1 is 1.26 bits per heavy atom. The van der Waals surface area contributed by atoms with Crippen LogP contribution in [0, 0.1) is 0 Å². The first kappa shape index (κ1) is 12.2. The van der Waals surface area contributed by atoms with Crippen LogP contribution in [0.25, 0.3) is 11.0 Å². The second kappa shape index (κ2) is 5.43. The van der Waals surface area contributed by atoms with Crippen molar-refractivity contribution in [2.24, 2.45) is 0 Å². The van der Waals surface area contributed by atoms with Crippen molar-refractivity contribution in [3.8, 4) is 0 Å². The molecular formula is C15H19N3O. The molecule has 1 saturated carbocycles. The molecule has 0 unspecified atom stereocenters. The molecule has 0 aliphatic heterocycles. The fraction of sp³-hybridized carbons (Fsp3) is 0.467. The maximum atomic E-state index is 12.1. The Hall–Kier alpha value is -1.84. The number of carbonyl (C=O) groups is 1. The van der Waals surface area contributed by atoms with E-state index in [1.54, 1.807) is 6.33 Å². The molecule has 3 rings (SSSR count). The summed E-state index contributed by atoms with van der Waals surface area (Å²) in [6.07, 6.45) is 7.76. The van der Waals surface area contributed by atoms with Crippen LogP contribution in [0.1, 0.15) is 32.1 Å². The molecule has 0 bridgehead atoms. The Kier molecular flexibility index (Phi) is 3.49. The van der Waals surface area contributed by atoms with E-state index in [0.717, 1.165) is 23.9 Å². The Morgan fingerprint density at radius 2 is 2.05 bits per heavy atom. The van der Waals surface area contributed by atoms with E-state index in [2.05, 4.69) is 10.3 Å². The predicted octanol–water partition coefficient (Wildman–Crippen LogP) is 2.49. The molecule has 1 aliphatic rings. The van der Waals surface area contributed by atoms with Crippen molar-refractivity contribution in [3.05, 3.63) is 30.6 Å². The molecule has 0 saturated heterocycles. The summed E-state index contributed by atoms with van der Waals surface area (Å²) in [6.45, 7) is 0.358. The Balaban J connectivity index is 1.65. The first-order chi connectivity index (χ1) is 9.33. The van der Waals surface area contributed by atoms with Crippen molar-refractivity contribution in [1.82, 2.24) is 14.9 Å². The van der Waals surface area contributed by atoms with E-state index in [9.17, 15) is 4.79 Å². The molecule has 1 aliphatic carbocycles. The molecule has 4 heteroatoms. The molecule has 0 radical (unpaired) electrons. The monoisotopic (exact) mass is 257 g/mol. The van der Waals surface area contributed by atoms with Crippen molar-refractivity contribution in [2.75, 3.05) is 0 Å². The molecule has 19 heavy (non-hydrogen) atoms. The zero-order valence-electron chi connectivity index (χ0n) is 11.0. The summed E-state index contributed by atoms with van der Waals surface area (Å²) in [5.74, 6) is 0.0926. The average molecular weight is 257 g/mol. The van der Waals surface area contributed by atoms with Gasteiger partial charge in [-0.15, -0.1) is 0 Å². The summed E-state index contributed by atoms with van der Waals surface area (Å²) in [4.78, 5) is 16.4. The van der Waals surface area contributed by atoms with Crippen molar-refractivity contribution < 1.29 is 4.79 Å². The van der Waals surface area contributed by atoms with E-state index in [0.29, 0.717) is 12.6 Å². The molecule has 1 heterocycles. The third-order valence-corrected chi connectivity index (χ3v) is 3.81. The Morgan fingerprint density at radius 3 is 2.89 bits per heavy atom. The van der Waals surface area contributed by atoms with E-state index < -0.39 is 0 Å². The van der Waals surface area contributed by atoms with Crippen LogP contribution in [0.2, 0.25) is 0 Å². The zero-order chi connectivity index (χ0) is 13.1. The standard InChI is InChI=1S/C15H19N3O/c19-15(17-12-6-2-1-3-7-12)10-18-11-16-13-8-4-5-9-14(13)18/h4-5,8-9,11-12H,1-3,6-7,10H2,(H,17,19). The van der Waals surface area contributed by atoms with Gasteiger partial charge in [-0.05, 0) is 25.0 Å². The van der Waals surface area contributed by atoms with Crippen molar-refractivity contribution in [2.45, 2.75) is 44.7 Å². The molecule has 100 valence electrons. The van der Waals surface area contributed by atoms with Crippen LogP contribution in [-0.4, -0.2) is 21.5 Å². The third kappa shape index (κ3) is 2.78. The number of para-hydroxylation sites is 2. The summed E-state index contributed by atoms with van der Waals surface area (Å²) >= 11 is 0. The average Bonchev–Trinajstić information content (AvgIpc) is 2.83. The van der Waals surface area contributed by atoms with Gasteiger partial charge < -0.3 is 9.88 Å². The Bertz CT molecular complexity index is 570. The minimum atomic E-state index is 0.0926. The molecule has 1 aromatic heterocycles. The fourth-order valence-corrected chi connectivity index (χ4v) is 2.81. The van der Waals surface area contributed by atoms with Gasteiger partial charge in [0.25, 0.3) is 0 Å².